The van der Waals surface area contributed by atoms with Gasteiger partial charge in [0.05, 0.1) is 22.7 Å². The van der Waals surface area contributed by atoms with Crippen molar-refractivity contribution >= 4 is 22.7 Å². The molecule has 2 atom stereocenters. The van der Waals surface area contributed by atoms with Crippen LogP contribution in [0, 0.1) is 0 Å². The molecule has 2 N–H and O–H groups in total. The maximum absolute atomic E-state index is 8.56. The number of hydrogen-bond donors (Lipinski definition) is 2. The van der Waals surface area contributed by atoms with Crippen LogP contribution in [0.4, 0.5) is 0 Å². The Morgan fingerprint density at radius 1 is 1.00 bits per heavy atom. The minimum Gasteiger partial charge on any atom is -0.750 e. The van der Waals surface area contributed by atoms with E-state index in [4.69, 9.17) is 26.6 Å². The Morgan fingerprint density at radius 3 is 1.00 bits per heavy atom. The molecule has 0 saturated heterocycles. The topological polar surface area (TPSA) is 121 Å². The molecule has 10 heteroatoms. The summed E-state index contributed by atoms with van der Waals surface area (Å²) in [5.41, 5.74) is 0. The molecule has 0 aliphatic rings. The summed E-state index contributed by atoms with van der Waals surface area (Å²) < 4.78 is 48.2. The Bertz CT molecular complexity index is 73.7. The standard InChI is InChI=1S/K.Li.2H2O3S/c;;2*1-4(2)3/h;;2*(H2,1,2,3)/q2*+1;;/p-2. The van der Waals surface area contributed by atoms with Crippen LogP contribution in [-0.4, -0.2) is 26.6 Å². The second-order valence-electron chi connectivity index (χ2n) is 0.434. The zero-order valence-electron chi connectivity index (χ0n) is 5.34. The van der Waals surface area contributed by atoms with Gasteiger partial charge in [-0.05, 0) is 0 Å². The van der Waals surface area contributed by atoms with Crippen molar-refractivity contribution in [3.8, 4) is 0 Å². The average Bonchev–Trinajstić information content (AvgIpc) is 1.25. The first-order valence-corrected chi connectivity index (χ1v) is 3.10. The summed E-state index contributed by atoms with van der Waals surface area (Å²) in [6.45, 7) is 0. The molecule has 0 bridgehead atoms. The maximum Gasteiger partial charge on any atom is 1.00 e. The number of hydrogen-bond acceptors (Lipinski definition) is 4. The van der Waals surface area contributed by atoms with Gasteiger partial charge in [0.1, 0.15) is 0 Å². The van der Waals surface area contributed by atoms with E-state index in [2.05, 4.69) is 0 Å². The van der Waals surface area contributed by atoms with Crippen LogP contribution in [0.15, 0.2) is 0 Å². The third-order valence-electron chi connectivity index (χ3n) is 0. The van der Waals surface area contributed by atoms with E-state index in [1.807, 2.05) is 0 Å². The molecule has 0 radical (unpaired) electrons. The Kier molecular flexibility index (Phi) is 39.8. The number of rotatable bonds is 0. The van der Waals surface area contributed by atoms with Crippen molar-refractivity contribution in [2.24, 2.45) is 0 Å². The van der Waals surface area contributed by atoms with Crippen molar-refractivity contribution in [1.82, 2.24) is 0 Å². The third kappa shape index (κ3) is 162. The molecular formula is H2KLiO6S2. The summed E-state index contributed by atoms with van der Waals surface area (Å²) in [7, 11) is 0. The normalized spacial score (nSPS) is 12.4. The summed E-state index contributed by atoms with van der Waals surface area (Å²) in [6.07, 6.45) is 0. The molecule has 0 spiro atoms. The first-order valence-electron chi connectivity index (χ1n) is 1.03. The van der Waals surface area contributed by atoms with Crippen molar-refractivity contribution < 1.29 is 96.9 Å². The summed E-state index contributed by atoms with van der Waals surface area (Å²) >= 11 is -5.72. The molecule has 0 aromatic carbocycles. The van der Waals surface area contributed by atoms with Crippen LogP contribution >= 0.6 is 0 Å². The predicted molar refractivity (Wildman–Crippen MR) is 23.1 cm³/mol. The molecule has 0 saturated carbocycles. The Morgan fingerprint density at radius 2 is 1.00 bits per heavy atom. The molecule has 0 aliphatic heterocycles. The molecule has 0 rings (SSSR count). The second kappa shape index (κ2) is 17.5. The van der Waals surface area contributed by atoms with Crippen LogP contribution in [0.2, 0.25) is 0 Å². The van der Waals surface area contributed by atoms with Crippen LogP contribution in [0.1, 0.15) is 0 Å². The molecular weight excluding hydrogens is 206 g/mol. The van der Waals surface area contributed by atoms with Gasteiger partial charge in [-0.2, -0.15) is 0 Å². The van der Waals surface area contributed by atoms with Gasteiger partial charge in [0.2, 0.25) is 0 Å². The average molecular weight is 208 g/mol. The smallest absolute Gasteiger partial charge is 0.750 e. The van der Waals surface area contributed by atoms with E-state index in [-0.39, 0.29) is 70.2 Å². The quantitative estimate of drug-likeness (QED) is 0.301. The molecule has 0 heterocycles. The van der Waals surface area contributed by atoms with Gasteiger partial charge in [-0.1, -0.05) is 0 Å². The Balaban J connectivity index is -0.0000000300. The molecule has 6 nitrogen and oxygen atoms in total. The van der Waals surface area contributed by atoms with Crippen molar-refractivity contribution in [2.45, 2.75) is 0 Å². The fourth-order valence-corrected chi connectivity index (χ4v) is 0. The van der Waals surface area contributed by atoms with Gasteiger partial charge in [-0.3, -0.25) is 0 Å². The van der Waals surface area contributed by atoms with Crippen LogP contribution in [0.3, 0.4) is 0 Å². The Hall–Kier alpha value is 2.37. The fourth-order valence-electron chi connectivity index (χ4n) is 0. The van der Waals surface area contributed by atoms with Gasteiger partial charge in [-0.25, -0.2) is 8.42 Å². The zero-order chi connectivity index (χ0) is 7.15. The van der Waals surface area contributed by atoms with Gasteiger partial charge < -0.3 is 18.2 Å². The molecule has 52 valence electrons. The first kappa shape index (κ1) is 22.8. The molecule has 0 amide bonds. The summed E-state index contributed by atoms with van der Waals surface area (Å²) in [5.74, 6) is 0. The van der Waals surface area contributed by atoms with Gasteiger partial charge in [0.25, 0.3) is 0 Å². The monoisotopic (exact) mass is 208 g/mol. The largest absolute Gasteiger partial charge is 1.00 e. The Labute approximate surface area is 117 Å². The van der Waals surface area contributed by atoms with E-state index in [1.165, 1.54) is 0 Å². The van der Waals surface area contributed by atoms with Gasteiger partial charge in [0, 0.05) is 0 Å². The van der Waals surface area contributed by atoms with Crippen molar-refractivity contribution in [3.63, 3.8) is 0 Å². The summed E-state index contributed by atoms with van der Waals surface area (Å²) in [5, 5.41) is 0. The van der Waals surface area contributed by atoms with Gasteiger partial charge >= 0.3 is 70.2 Å². The molecule has 10 heavy (non-hydrogen) atoms. The summed E-state index contributed by atoms with van der Waals surface area (Å²) in [6, 6.07) is 0. The zero-order valence-corrected chi connectivity index (χ0v) is 10.1. The molecule has 0 aliphatic carbocycles. The second-order valence-corrected chi connectivity index (χ2v) is 1.30. The van der Waals surface area contributed by atoms with E-state index < -0.39 is 22.7 Å². The third-order valence-corrected chi connectivity index (χ3v) is 0. The van der Waals surface area contributed by atoms with Gasteiger partial charge in [-0.15, -0.1) is 0 Å². The van der Waals surface area contributed by atoms with Crippen molar-refractivity contribution in [3.05, 3.63) is 0 Å². The van der Waals surface area contributed by atoms with Gasteiger partial charge in [0.15, 0.2) is 0 Å². The van der Waals surface area contributed by atoms with E-state index in [1.54, 1.807) is 0 Å². The van der Waals surface area contributed by atoms with Crippen molar-refractivity contribution in [2.75, 3.05) is 0 Å². The minimum atomic E-state index is -2.86. The van der Waals surface area contributed by atoms with E-state index in [0.717, 1.165) is 0 Å². The van der Waals surface area contributed by atoms with E-state index >= 15 is 0 Å². The van der Waals surface area contributed by atoms with Crippen LogP contribution < -0.4 is 70.2 Å². The van der Waals surface area contributed by atoms with E-state index in [9.17, 15) is 0 Å². The first-order chi connectivity index (χ1) is 3.46. The van der Waals surface area contributed by atoms with Crippen LogP contribution in [-0.2, 0) is 22.7 Å². The van der Waals surface area contributed by atoms with Crippen molar-refractivity contribution in [1.29, 1.82) is 0 Å². The fraction of sp³-hybridized carbons (Fsp3) is 0. The molecule has 0 aromatic rings. The molecule has 0 aromatic heterocycles. The maximum atomic E-state index is 8.56. The SMILES string of the molecule is O=S([O-])O.O=S([O-])O.[K+].[Li+]. The predicted octanol–water partition coefficient (Wildman–Crippen LogP) is -7.31. The van der Waals surface area contributed by atoms with Crippen LogP contribution in [0.25, 0.3) is 0 Å². The summed E-state index contributed by atoms with van der Waals surface area (Å²) in [4.78, 5) is 0. The van der Waals surface area contributed by atoms with Crippen LogP contribution in [0.5, 0.6) is 0 Å². The van der Waals surface area contributed by atoms with E-state index in [0.29, 0.717) is 0 Å². The molecule has 2 unspecified atom stereocenters. The molecule has 0 fully saturated rings. The minimum absolute atomic E-state index is 0.